The van der Waals surface area contributed by atoms with Crippen LogP contribution < -0.4 is 10.6 Å². The van der Waals surface area contributed by atoms with Crippen LogP contribution in [0.2, 0.25) is 0 Å². The second kappa shape index (κ2) is 6.92. The largest absolute Gasteiger partial charge is 0.467 e. The second-order valence-electron chi connectivity index (χ2n) is 6.91. The van der Waals surface area contributed by atoms with Crippen molar-refractivity contribution in [3.63, 3.8) is 0 Å². The molecule has 0 radical (unpaired) electrons. The lowest BCUT2D eigenvalue weighted by molar-refractivity contribution is -0.143. The summed E-state index contributed by atoms with van der Waals surface area (Å²) in [5, 5.41) is 6.20. The van der Waals surface area contributed by atoms with Crippen LogP contribution >= 0.6 is 0 Å². The summed E-state index contributed by atoms with van der Waals surface area (Å²) in [4.78, 5) is 25.2. The Morgan fingerprint density at radius 3 is 2.77 bits per heavy atom. The van der Waals surface area contributed by atoms with Crippen LogP contribution in [0.5, 0.6) is 0 Å². The summed E-state index contributed by atoms with van der Waals surface area (Å²) in [6, 6.07) is 13.1. The number of fused-ring (bicyclic) bond motifs is 2. The topological polar surface area (TPSA) is 67.4 Å². The van der Waals surface area contributed by atoms with Crippen molar-refractivity contribution < 1.29 is 14.3 Å². The lowest BCUT2D eigenvalue weighted by Crippen LogP contribution is -2.45. The number of hydrogen-bond acceptors (Lipinski definition) is 4. The van der Waals surface area contributed by atoms with Gasteiger partial charge in [-0.15, -0.1) is 0 Å². The number of carbonyl (C=O) groups is 2. The number of esters is 1. The zero-order chi connectivity index (χ0) is 18.1. The minimum Gasteiger partial charge on any atom is -0.467 e. The molecule has 2 atom stereocenters. The van der Waals surface area contributed by atoms with E-state index in [0.29, 0.717) is 5.56 Å². The van der Waals surface area contributed by atoms with Gasteiger partial charge in [0.1, 0.15) is 6.04 Å². The molecule has 0 spiro atoms. The van der Waals surface area contributed by atoms with Gasteiger partial charge in [0.05, 0.1) is 7.11 Å². The average Bonchev–Trinajstić information content (AvgIpc) is 3.31. The predicted octanol–water partition coefficient (Wildman–Crippen LogP) is 2.29. The van der Waals surface area contributed by atoms with E-state index in [1.807, 2.05) is 36.4 Å². The summed E-state index contributed by atoms with van der Waals surface area (Å²) in [6.45, 7) is 1.60. The van der Waals surface area contributed by atoms with E-state index >= 15 is 0 Å². The molecule has 1 aliphatic heterocycles. The number of rotatable bonds is 4. The van der Waals surface area contributed by atoms with E-state index in [1.54, 1.807) is 0 Å². The molecule has 0 saturated heterocycles. The van der Waals surface area contributed by atoms with E-state index in [0.717, 1.165) is 37.1 Å². The van der Waals surface area contributed by atoms with Crippen molar-refractivity contribution >= 4 is 11.9 Å². The maximum Gasteiger partial charge on any atom is 0.329 e. The van der Waals surface area contributed by atoms with Crippen molar-refractivity contribution in [1.82, 2.24) is 10.6 Å². The molecule has 2 aliphatic rings. The molecule has 2 N–H and O–H groups in total. The van der Waals surface area contributed by atoms with Crippen molar-refractivity contribution in [3.05, 3.63) is 70.3 Å². The molecule has 2 aromatic rings. The number of hydrogen-bond donors (Lipinski definition) is 2. The van der Waals surface area contributed by atoms with Crippen molar-refractivity contribution in [1.29, 1.82) is 0 Å². The second-order valence-corrected chi connectivity index (χ2v) is 6.91. The molecule has 0 bridgehead atoms. The predicted molar refractivity (Wildman–Crippen MR) is 97.8 cm³/mol. The molecule has 0 aromatic heterocycles. The minimum absolute atomic E-state index is 0.0568. The van der Waals surface area contributed by atoms with E-state index in [2.05, 4.69) is 16.7 Å². The highest BCUT2D eigenvalue weighted by atomic mass is 16.5. The third kappa shape index (κ3) is 2.99. The first-order valence-corrected chi connectivity index (χ1v) is 8.96. The lowest BCUT2D eigenvalue weighted by atomic mass is 9.92. The molecule has 2 aromatic carbocycles. The van der Waals surface area contributed by atoms with Crippen molar-refractivity contribution in [3.8, 4) is 0 Å². The number of ether oxygens (including phenoxy) is 1. The maximum atomic E-state index is 12.8. The fourth-order valence-corrected chi connectivity index (χ4v) is 4.05. The van der Waals surface area contributed by atoms with Gasteiger partial charge in [0.2, 0.25) is 0 Å². The van der Waals surface area contributed by atoms with Gasteiger partial charge in [-0.2, -0.15) is 0 Å². The standard InChI is InChI=1S/C21H22N2O3/c1-26-21(25)19(18-9-8-13-4-2-3-5-17(13)18)23-20(24)14-6-7-15-11-22-12-16(15)10-14/h2-7,10,18-19,22H,8-9,11-12H2,1H3,(H,23,24). The van der Waals surface area contributed by atoms with E-state index in [-0.39, 0.29) is 11.8 Å². The normalized spacial score (nSPS) is 18.7. The van der Waals surface area contributed by atoms with Crippen molar-refractivity contribution in [2.24, 2.45) is 0 Å². The quantitative estimate of drug-likeness (QED) is 0.831. The fourth-order valence-electron chi connectivity index (χ4n) is 4.05. The van der Waals surface area contributed by atoms with Gasteiger partial charge in [-0.25, -0.2) is 4.79 Å². The van der Waals surface area contributed by atoms with Crippen LogP contribution in [0.4, 0.5) is 0 Å². The Balaban J connectivity index is 1.58. The number of amides is 1. The molecule has 26 heavy (non-hydrogen) atoms. The average molecular weight is 350 g/mol. The van der Waals surface area contributed by atoms with Gasteiger partial charge < -0.3 is 15.4 Å². The first-order valence-electron chi connectivity index (χ1n) is 8.96. The fraction of sp³-hybridized carbons (Fsp3) is 0.333. The molecule has 2 unspecified atom stereocenters. The van der Waals surface area contributed by atoms with E-state index in [1.165, 1.54) is 18.2 Å². The molecular weight excluding hydrogens is 328 g/mol. The van der Waals surface area contributed by atoms with Gasteiger partial charge in [0, 0.05) is 24.6 Å². The Morgan fingerprint density at radius 2 is 1.92 bits per heavy atom. The Morgan fingerprint density at radius 1 is 1.12 bits per heavy atom. The summed E-state index contributed by atoms with van der Waals surface area (Å²) in [7, 11) is 1.36. The highest BCUT2D eigenvalue weighted by molar-refractivity contribution is 5.97. The van der Waals surface area contributed by atoms with Gasteiger partial charge >= 0.3 is 5.97 Å². The molecule has 134 valence electrons. The van der Waals surface area contributed by atoms with Crippen LogP contribution in [0.15, 0.2) is 42.5 Å². The zero-order valence-corrected chi connectivity index (χ0v) is 14.7. The van der Waals surface area contributed by atoms with Crippen LogP contribution in [0.25, 0.3) is 0 Å². The number of aryl methyl sites for hydroxylation is 1. The summed E-state index contributed by atoms with van der Waals surface area (Å²) >= 11 is 0. The first kappa shape index (κ1) is 16.8. The van der Waals surface area contributed by atoms with Crippen LogP contribution in [0, 0.1) is 0 Å². The highest BCUT2D eigenvalue weighted by Gasteiger charge is 2.36. The molecule has 0 saturated carbocycles. The molecule has 5 nitrogen and oxygen atoms in total. The van der Waals surface area contributed by atoms with Crippen LogP contribution in [0.1, 0.15) is 45.0 Å². The molecule has 1 amide bonds. The van der Waals surface area contributed by atoms with Gasteiger partial charge in [0.25, 0.3) is 5.91 Å². The third-order valence-electron chi connectivity index (χ3n) is 5.42. The van der Waals surface area contributed by atoms with Crippen LogP contribution in [-0.4, -0.2) is 25.0 Å². The molecule has 4 rings (SSSR count). The Hall–Kier alpha value is -2.66. The lowest BCUT2D eigenvalue weighted by Gasteiger charge is -2.23. The molecular formula is C21H22N2O3. The maximum absolute atomic E-state index is 12.8. The minimum atomic E-state index is -0.678. The van der Waals surface area contributed by atoms with Gasteiger partial charge in [0.15, 0.2) is 0 Å². The summed E-state index contributed by atoms with van der Waals surface area (Å²) < 4.78 is 4.99. The number of methoxy groups -OCH3 is 1. The molecule has 1 heterocycles. The molecule has 0 fully saturated rings. The third-order valence-corrected chi connectivity index (χ3v) is 5.42. The van der Waals surface area contributed by atoms with Crippen molar-refractivity contribution in [2.75, 3.05) is 7.11 Å². The van der Waals surface area contributed by atoms with Gasteiger partial charge in [-0.3, -0.25) is 4.79 Å². The Bertz CT molecular complexity index is 862. The SMILES string of the molecule is COC(=O)C(NC(=O)c1ccc2c(c1)CNC2)C1CCc2ccccc21. The first-order chi connectivity index (χ1) is 12.7. The van der Waals surface area contributed by atoms with Crippen LogP contribution in [0.3, 0.4) is 0 Å². The smallest absolute Gasteiger partial charge is 0.329 e. The van der Waals surface area contributed by atoms with Crippen molar-refractivity contribution in [2.45, 2.75) is 37.9 Å². The van der Waals surface area contributed by atoms with E-state index < -0.39 is 12.0 Å². The van der Waals surface area contributed by atoms with Crippen LogP contribution in [-0.2, 0) is 29.0 Å². The molecule has 5 heteroatoms. The zero-order valence-electron chi connectivity index (χ0n) is 14.7. The number of nitrogens with one attached hydrogen (secondary N) is 2. The van der Waals surface area contributed by atoms with E-state index in [4.69, 9.17) is 4.74 Å². The summed E-state index contributed by atoms with van der Waals surface area (Å²) in [5.41, 5.74) is 5.30. The Labute approximate surface area is 152 Å². The highest BCUT2D eigenvalue weighted by Crippen LogP contribution is 2.35. The Kier molecular flexibility index (Phi) is 4.47. The summed E-state index contributed by atoms with van der Waals surface area (Å²) in [5.74, 6) is -0.693. The monoisotopic (exact) mass is 350 g/mol. The van der Waals surface area contributed by atoms with Gasteiger partial charge in [-0.05, 0) is 47.2 Å². The van der Waals surface area contributed by atoms with Gasteiger partial charge in [-0.1, -0.05) is 30.3 Å². The molecule has 1 aliphatic carbocycles. The van der Waals surface area contributed by atoms with E-state index in [9.17, 15) is 9.59 Å². The number of benzene rings is 2. The number of carbonyl (C=O) groups excluding carboxylic acids is 2. The summed E-state index contributed by atoms with van der Waals surface area (Å²) in [6.07, 6.45) is 1.74.